The fraction of sp³-hybridized carbons (Fsp3) is 0.217. The molecule has 4 aromatic rings. The van der Waals surface area contributed by atoms with Crippen molar-refractivity contribution in [3.63, 3.8) is 0 Å². The average Bonchev–Trinajstić information content (AvgIpc) is 3.21. The zero-order valence-electron chi connectivity index (χ0n) is 18.9. The molecule has 2 aromatic carbocycles. The van der Waals surface area contributed by atoms with Crippen LogP contribution in [0.3, 0.4) is 0 Å². The molecule has 0 aliphatic heterocycles. The number of aliphatic hydroxyl groups is 1. The summed E-state index contributed by atoms with van der Waals surface area (Å²) in [6.07, 6.45) is 0.582. The number of nitrogens with one attached hydrogen (secondary N) is 2. The Bertz CT molecular complexity index is 1460. The third-order valence-corrected chi connectivity index (χ3v) is 5.68. The van der Waals surface area contributed by atoms with E-state index < -0.39 is 17.4 Å². The van der Waals surface area contributed by atoms with Crippen molar-refractivity contribution in [1.82, 2.24) is 19.1 Å². The first-order chi connectivity index (χ1) is 16.9. The van der Waals surface area contributed by atoms with Crippen LogP contribution < -0.4 is 26.1 Å². The highest BCUT2D eigenvalue weighted by atomic mass is 79.9. The summed E-state index contributed by atoms with van der Waals surface area (Å²) in [5.74, 6) is 1.49. The van der Waals surface area contributed by atoms with Gasteiger partial charge in [0.05, 0.1) is 19.9 Å². The molecule has 4 rings (SSSR count). The fourth-order valence-electron chi connectivity index (χ4n) is 3.34. The summed E-state index contributed by atoms with van der Waals surface area (Å²) in [7, 11) is 3.08. The Morgan fingerprint density at radius 2 is 1.86 bits per heavy atom. The number of ether oxygens (including phenoxy) is 2. The number of fused-ring (bicyclic) bond motifs is 1. The van der Waals surface area contributed by atoms with E-state index in [1.165, 1.54) is 16.2 Å². The maximum absolute atomic E-state index is 12.6. The lowest BCUT2D eigenvalue weighted by atomic mass is 10.2. The molecular weight excluding hydrogens is 520 g/mol. The number of benzene rings is 2. The van der Waals surface area contributed by atoms with Crippen LogP contribution in [0.2, 0.25) is 0 Å². The van der Waals surface area contributed by atoms with Gasteiger partial charge in [0.1, 0.15) is 24.2 Å². The van der Waals surface area contributed by atoms with Gasteiger partial charge in [-0.2, -0.15) is 10.1 Å². The first kappa shape index (κ1) is 24.2. The Labute approximate surface area is 207 Å². The lowest BCUT2D eigenvalue weighted by molar-refractivity contribution is 0.0938. The van der Waals surface area contributed by atoms with Gasteiger partial charge in [-0.3, -0.25) is 14.3 Å². The van der Waals surface area contributed by atoms with Gasteiger partial charge in [0, 0.05) is 11.5 Å². The molecule has 0 radical (unpaired) electrons. The molecule has 11 nitrogen and oxygen atoms in total. The van der Waals surface area contributed by atoms with E-state index in [1.807, 2.05) is 24.3 Å². The molecule has 0 amide bonds. The number of aromatic nitrogens is 4. The van der Waals surface area contributed by atoms with Crippen LogP contribution in [-0.2, 0) is 13.6 Å². The number of H-pyrrole nitrogens is 1. The fourth-order valence-corrected chi connectivity index (χ4v) is 3.60. The number of methoxy groups -OCH3 is 1. The Kier molecular flexibility index (Phi) is 7.32. The minimum absolute atomic E-state index is 0.0282. The minimum atomic E-state index is -0.987. The molecule has 182 valence electrons. The van der Waals surface area contributed by atoms with Crippen LogP contribution in [0.15, 0.2) is 67.7 Å². The first-order valence-corrected chi connectivity index (χ1v) is 11.3. The molecule has 0 fully saturated rings. The molecule has 2 aromatic heterocycles. The number of hydrogen-bond acceptors (Lipinski definition) is 8. The number of imidazole rings is 1. The van der Waals surface area contributed by atoms with Crippen LogP contribution in [0.5, 0.6) is 11.5 Å². The summed E-state index contributed by atoms with van der Waals surface area (Å²) >= 11 is 3.36. The SMILES string of the molecule is COc1ccc(/C=N\Nc2nc3c(c(=O)[nH]c(=O)n3C)n2C[C@@H](O)COc2ccc(Br)cc2)cc1. The Hall–Kier alpha value is -3.90. The summed E-state index contributed by atoms with van der Waals surface area (Å²) in [5, 5.41) is 14.8. The van der Waals surface area contributed by atoms with E-state index in [0.717, 1.165) is 15.8 Å². The standard InChI is InChI=1S/C23H23BrN6O5/c1-29-20-19(21(32)27-23(29)33)30(12-16(31)13-35-18-9-5-15(24)6-10-18)22(26-20)28-25-11-14-3-7-17(34-2)8-4-14/h3-11,16,31H,12-13H2,1-2H3,(H,26,28)(H,27,32,33)/b25-11-/t16-/m1/s1. The minimum Gasteiger partial charge on any atom is -0.497 e. The molecule has 35 heavy (non-hydrogen) atoms. The number of nitrogens with zero attached hydrogens (tertiary/aromatic N) is 4. The number of rotatable bonds is 9. The van der Waals surface area contributed by atoms with Crippen molar-refractivity contribution in [2.45, 2.75) is 12.6 Å². The summed E-state index contributed by atoms with van der Waals surface area (Å²) < 4.78 is 14.4. The second kappa shape index (κ2) is 10.6. The smallest absolute Gasteiger partial charge is 0.329 e. The molecular formula is C23H23BrN6O5. The third kappa shape index (κ3) is 5.61. The Morgan fingerprint density at radius 3 is 2.54 bits per heavy atom. The van der Waals surface area contributed by atoms with Gasteiger partial charge in [-0.1, -0.05) is 15.9 Å². The van der Waals surface area contributed by atoms with Gasteiger partial charge in [0.15, 0.2) is 11.2 Å². The summed E-state index contributed by atoms with van der Waals surface area (Å²) in [4.78, 5) is 31.3. The molecule has 2 heterocycles. The van der Waals surface area contributed by atoms with E-state index >= 15 is 0 Å². The van der Waals surface area contributed by atoms with E-state index in [1.54, 1.807) is 37.6 Å². The second-order valence-electron chi connectivity index (χ2n) is 7.60. The van der Waals surface area contributed by atoms with Crippen molar-refractivity contribution in [2.75, 3.05) is 19.1 Å². The number of aryl methyl sites for hydroxylation is 1. The predicted molar refractivity (Wildman–Crippen MR) is 135 cm³/mol. The molecule has 0 saturated heterocycles. The van der Waals surface area contributed by atoms with E-state index in [4.69, 9.17) is 9.47 Å². The van der Waals surface area contributed by atoms with E-state index in [9.17, 15) is 14.7 Å². The first-order valence-electron chi connectivity index (χ1n) is 10.5. The number of aliphatic hydroxyl groups excluding tert-OH is 1. The summed E-state index contributed by atoms with van der Waals surface area (Å²) in [6, 6.07) is 14.4. The van der Waals surface area contributed by atoms with Gasteiger partial charge in [-0.25, -0.2) is 10.2 Å². The number of halogens is 1. The predicted octanol–water partition coefficient (Wildman–Crippen LogP) is 2.08. The molecule has 3 N–H and O–H groups in total. The number of hydrogen-bond donors (Lipinski definition) is 3. The van der Waals surface area contributed by atoms with E-state index in [-0.39, 0.29) is 30.3 Å². The Balaban J connectivity index is 1.59. The highest BCUT2D eigenvalue weighted by Gasteiger charge is 2.20. The highest BCUT2D eigenvalue weighted by molar-refractivity contribution is 9.10. The molecule has 0 aliphatic carbocycles. The van der Waals surface area contributed by atoms with Crippen LogP contribution in [-0.4, -0.2) is 50.2 Å². The van der Waals surface area contributed by atoms with Crippen LogP contribution in [0.1, 0.15) is 5.56 Å². The molecule has 0 aliphatic rings. The van der Waals surface area contributed by atoms with Crippen molar-refractivity contribution in [3.8, 4) is 11.5 Å². The number of aromatic amines is 1. The monoisotopic (exact) mass is 542 g/mol. The molecule has 0 spiro atoms. The molecule has 0 saturated carbocycles. The van der Waals surface area contributed by atoms with Crippen molar-refractivity contribution in [3.05, 3.63) is 79.4 Å². The third-order valence-electron chi connectivity index (χ3n) is 5.15. The van der Waals surface area contributed by atoms with Crippen molar-refractivity contribution in [1.29, 1.82) is 0 Å². The van der Waals surface area contributed by atoms with Gasteiger partial charge in [-0.05, 0) is 54.1 Å². The largest absolute Gasteiger partial charge is 0.497 e. The second-order valence-corrected chi connectivity index (χ2v) is 8.51. The van der Waals surface area contributed by atoms with Crippen LogP contribution in [0, 0.1) is 0 Å². The molecule has 12 heteroatoms. The van der Waals surface area contributed by atoms with E-state index in [0.29, 0.717) is 5.75 Å². The van der Waals surface area contributed by atoms with Crippen molar-refractivity contribution < 1.29 is 14.6 Å². The quantitative estimate of drug-likeness (QED) is 0.217. The number of anilines is 1. The maximum Gasteiger partial charge on any atom is 0.329 e. The average molecular weight is 543 g/mol. The molecule has 1 atom stereocenters. The molecule has 0 bridgehead atoms. The lowest BCUT2D eigenvalue weighted by Crippen LogP contribution is -2.30. The van der Waals surface area contributed by atoms with Crippen molar-refractivity contribution in [2.24, 2.45) is 12.1 Å². The Morgan fingerprint density at radius 1 is 1.17 bits per heavy atom. The van der Waals surface area contributed by atoms with Gasteiger partial charge < -0.3 is 19.1 Å². The van der Waals surface area contributed by atoms with Gasteiger partial charge in [-0.15, -0.1) is 0 Å². The van der Waals surface area contributed by atoms with Crippen LogP contribution in [0.4, 0.5) is 5.95 Å². The number of hydrazone groups is 1. The zero-order valence-corrected chi connectivity index (χ0v) is 20.5. The van der Waals surface area contributed by atoms with Gasteiger partial charge >= 0.3 is 5.69 Å². The summed E-state index contributed by atoms with van der Waals surface area (Å²) in [6.45, 7) is -0.0613. The zero-order chi connectivity index (χ0) is 24.9. The van der Waals surface area contributed by atoms with Crippen LogP contribution in [0.25, 0.3) is 11.2 Å². The van der Waals surface area contributed by atoms with Gasteiger partial charge in [0.2, 0.25) is 5.95 Å². The van der Waals surface area contributed by atoms with Crippen LogP contribution >= 0.6 is 15.9 Å². The highest BCUT2D eigenvalue weighted by Crippen LogP contribution is 2.19. The maximum atomic E-state index is 12.6. The normalized spacial score (nSPS) is 12.2. The lowest BCUT2D eigenvalue weighted by Gasteiger charge is -2.15. The topological polar surface area (TPSA) is 136 Å². The summed E-state index contributed by atoms with van der Waals surface area (Å²) in [5.41, 5.74) is 2.66. The van der Waals surface area contributed by atoms with Gasteiger partial charge in [0.25, 0.3) is 5.56 Å². The van der Waals surface area contributed by atoms with E-state index in [2.05, 4.69) is 36.4 Å². The van der Waals surface area contributed by atoms with Crippen molar-refractivity contribution >= 4 is 39.3 Å². The molecule has 0 unspecified atom stereocenters.